The molecule has 0 aliphatic carbocycles. The largest absolute Gasteiger partial charge is 0.464 e. The van der Waals surface area contributed by atoms with Crippen LogP contribution >= 0.6 is 0 Å². The summed E-state index contributed by atoms with van der Waals surface area (Å²) in [5.74, 6) is -0.878. The first kappa shape index (κ1) is 18.7. The van der Waals surface area contributed by atoms with Gasteiger partial charge in [-0.15, -0.1) is 0 Å². The summed E-state index contributed by atoms with van der Waals surface area (Å²) in [7, 11) is 1.80. The lowest BCUT2D eigenvalue weighted by molar-refractivity contribution is -0.146. The number of ether oxygens (including phenoxy) is 1. The maximum atomic E-state index is 12.1. The number of aromatic nitrogens is 2. The fraction of sp³-hybridized carbons (Fsp3) is 0.350. The molecule has 2 heterocycles. The molecule has 0 atom stereocenters. The van der Waals surface area contributed by atoms with Gasteiger partial charge in [0.15, 0.2) is 6.61 Å². The SMILES string of the molecule is Cc1ccc2c(CC(=O)OCC(=O)Nc3c(C)nn(C)c3C)coc2c1C. The van der Waals surface area contributed by atoms with E-state index in [2.05, 4.69) is 10.4 Å². The van der Waals surface area contributed by atoms with Gasteiger partial charge in [-0.1, -0.05) is 12.1 Å². The minimum atomic E-state index is -0.481. The van der Waals surface area contributed by atoms with E-state index in [1.54, 1.807) is 18.0 Å². The normalized spacial score (nSPS) is 11.0. The number of esters is 1. The van der Waals surface area contributed by atoms with Crippen LogP contribution in [-0.2, 0) is 27.8 Å². The number of benzene rings is 1. The Balaban J connectivity index is 1.60. The average molecular weight is 369 g/mol. The second-order valence-electron chi connectivity index (χ2n) is 6.70. The molecule has 7 nitrogen and oxygen atoms in total. The van der Waals surface area contributed by atoms with Crippen molar-refractivity contribution < 1.29 is 18.7 Å². The zero-order chi connectivity index (χ0) is 19.7. The van der Waals surface area contributed by atoms with Gasteiger partial charge in [0.05, 0.1) is 29.8 Å². The fourth-order valence-corrected chi connectivity index (χ4v) is 3.01. The number of carbonyl (C=O) groups excluding carboxylic acids is 2. The van der Waals surface area contributed by atoms with Gasteiger partial charge in [0.1, 0.15) is 5.58 Å². The predicted molar refractivity (Wildman–Crippen MR) is 102 cm³/mol. The van der Waals surface area contributed by atoms with Gasteiger partial charge in [0.2, 0.25) is 0 Å². The van der Waals surface area contributed by atoms with Crippen molar-refractivity contribution in [2.45, 2.75) is 34.1 Å². The van der Waals surface area contributed by atoms with E-state index >= 15 is 0 Å². The quantitative estimate of drug-likeness (QED) is 0.698. The molecule has 0 bridgehead atoms. The summed E-state index contributed by atoms with van der Waals surface area (Å²) in [6.07, 6.45) is 1.62. The summed E-state index contributed by atoms with van der Waals surface area (Å²) in [5.41, 5.74) is 5.89. The van der Waals surface area contributed by atoms with E-state index in [1.165, 1.54) is 0 Å². The van der Waals surface area contributed by atoms with Gasteiger partial charge in [0.25, 0.3) is 5.91 Å². The lowest BCUT2D eigenvalue weighted by Crippen LogP contribution is -2.22. The van der Waals surface area contributed by atoms with Crippen LogP contribution in [-0.4, -0.2) is 28.3 Å². The maximum absolute atomic E-state index is 12.1. The zero-order valence-corrected chi connectivity index (χ0v) is 16.2. The molecule has 0 unspecified atom stereocenters. The Hall–Kier alpha value is -3.09. The Kier molecular flexibility index (Phi) is 5.03. The van der Waals surface area contributed by atoms with Crippen LogP contribution in [0.15, 0.2) is 22.8 Å². The average Bonchev–Trinajstić information content (AvgIpc) is 3.13. The predicted octanol–water partition coefficient (Wildman–Crippen LogP) is 3.12. The Morgan fingerprint density at radius 3 is 2.63 bits per heavy atom. The molecule has 142 valence electrons. The van der Waals surface area contributed by atoms with Crippen molar-refractivity contribution in [1.82, 2.24) is 9.78 Å². The minimum Gasteiger partial charge on any atom is -0.464 e. The highest BCUT2D eigenvalue weighted by Gasteiger charge is 2.16. The molecule has 0 saturated heterocycles. The summed E-state index contributed by atoms with van der Waals surface area (Å²) in [6.45, 7) is 7.31. The van der Waals surface area contributed by atoms with Crippen LogP contribution < -0.4 is 5.32 Å². The fourth-order valence-electron chi connectivity index (χ4n) is 3.01. The molecule has 3 aromatic rings. The van der Waals surface area contributed by atoms with Crippen LogP contribution in [0, 0.1) is 27.7 Å². The number of fused-ring (bicyclic) bond motifs is 1. The monoisotopic (exact) mass is 369 g/mol. The molecule has 2 aromatic heterocycles. The number of rotatable bonds is 5. The van der Waals surface area contributed by atoms with Crippen molar-refractivity contribution >= 4 is 28.5 Å². The molecular weight excluding hydrogens is 346 g/mol. The third-order valence-corrected chi connectivity index (χ3v) is 4.81. The van der Waals surface area contributed by atoms with Crippen molar-refractivity contribution in [3.63, 3.8) is 0 Å². The summed E-state index contributed by atoms with van der Waals surface area (Å²) in [4.78, 5) is 24.2. The highest BCUT2D eigenvalue weighted by Crippen LogP contribution is 2.27. The van der Waals surface area contributed by atoms with Crippen LogP contribution in [0.25, 0.3) is 11.0 Å². The van der Waals surface area contributed by atoms with Gasteiger partial charge in [-0.05, 0) is 38.8 Å². The smallest absolute Gasteiger partial charge is 0.310 e. The molecule has 0 spiro atoms. The van der Waals surface area contributed by atoms with Crippen LogP contribution in [0.2, 0.25) is 0 Å². The number of hydrogen-bond donors (Lipinski definition) is 1. The number of amides is 1. The zero-order valence-electron chi connectivity index (χ0n) is 16.2. The number of nitrogens with one attached hydrogen (secondary N) is 1. The van der Waals surface area contributed by atoms with Crippen molar-refractivity contribution in [2.24, 2.45) is 7.05 Å². The van der Waals surface area contributed by atoms with E-state index in [9.17, 15) is 9.59 Å². The molecule has 0 saturated carbocycles. The molecule has 3 rings (SSSR count). The van der Waals surface area contributed by atoms with Gasteiger partial charge in [-0.25, -0.2) is 0 Å². The second-order valence-corrected chi connectivity index (χ2v) is 6.70. The van der Waals surface area contributed by atoms with E-state index in [0.29, 0.717) is 11.4 Å². The lowest BCUT2D eigenvalue weighted by Gasteiger charge is -2.07. The second kappa shape index (κ2) is 7.26. The van der Waals surface area contributed by atoms with Gasteiger partial charge < -0.3 is 14.5 Å². The topological polar surface area (TPSA) is 86.4 Å². The van der Waals surface area contributed by atoms with Crippen molar-refractivity contribution in [1.29, 1.82) is 0 Å². The van der Waals surface area contributed by atoms with E-state index in [-0.39, 0.29) is 13.0 Å². The standard InChI is InChI=1S/C20H23N3O4/c1-11-6-7-16-15(9-27-20(16)12(11)2)8-18(25)26-10-17(24)21-19-13(3)22-23(5)14(19)4/h6-7,9H,8,10H2,1-5H3,(H,21,24). The first-order valence-electron chi connectivity index (χ1n) is 8.70. The van der Waals surface area contributed by atoms with Gasteiger partial charge in [0, 0.05) is 18.0 Å². The Bertz CT molecular complexity index is 1030. The molecule has 0 aliphatic heterocycles. The third kappa shape index (κ3) is 3.72. The molecule has 0 aliphatic rings. The van der Waals surface area contributed by atoms with E-state index in [4.69, 9.17) is 9.15 Å². The van der Waals surface area contributed by atoms with E-state index in [1.807, 2.05) is 39.8 Å². The third-order valence-electron chi connectivity index (χ3n) is 4.81. The molecule has 1 amide bonds. The number of aryl methyl sites for hydroxylation is 4. The Morgan fingerprint density at radius 1 is 1.22 bits per heavy atom. The highest BCUT2D eigenvalue weighted by molar-refractivity contribution is 5.94. The number of carbonyl (C=O) groups is 2. The van der Waals surface area contributed by atoms with Crippen molar-refractivity contribution in [2.75, 3.05) is 11.9 Å². The minimum absolute atomic E-state index is 0.0493. The van der Waals surface area contributed by atoms with Crippen molar-refractivity contribution in [3.8, 4) is 0 Å². The van der Waals surface area contributed by atoms with Crippen LogP contribution in [0.5, 0.6) is 0 Å². The Morgan fingerprint density at radius 2 is 1.96 bits per heavy atom. The van der Waals surface area contributed by atoms with Gasteiger partial charge in [-0.3, -0.25) is 14.3 Å². The van der Waals surface area contributed by atoms with E-state index in [0.717, 1.165) is 33.4 Å². The summed E-state index contributed by atoms with van der Waals surface area (Å²) in [6, 6.07) is 3.93. The molecule has 7 heteroatoms. The number of furan rings is 1. The molecule has 27 heavy (non-hydrogen) atoms. The van der Waals surface area contributed by atoms with E-state index < -0.39 is 11.9 Å². The summed E-state index contributed by atoms with van der Waals surface area (Å²) in [5, 5.41) is 7.86. The maximum Gasteiger partial charge on any atom is 0.310 e. The number of anilines is 1. The van der Waals surface area contributed by atoms with Crippen molar-refractivity contribution in [3.05, 3.63) is 46.5 Å². The van der Waals surface area contributed by atoms with Crippen LogP contribution in [0.3, 0.4) is 0 Å². The lowest BCUT2D eigenvalue weighted by atomic mass is 10.0. The first-order valence-corrected chi connectivity index (χ1v) is 8.70. The highest BCUT2D eigenvalue weighted by atomic mass is 16.5. The molecule has 0 fully saturated rings. The summed E-state index contributed by atoms with van der Waals surface area (Å²) < 4.78 is 12.4. The Labute approximate surface area is 157 Å². The molecular formula is C20H23N3O4. The molecule has 1 N–H and O–H groups in total. The van der Waals surface area contributed by atoms with Crippen LogP contribution in [0.1, 0.15) is 28.1 Å². The first-order chi connectivity index (χ1) is 12.8. The van der Waals surface area contributed by atoms with Gasteiger partial charge in [-0.2, -0.15) is 5.10 Å². The number of hydrogen-bond acceptors (Lipinski definition) is 5. The number of nitrogens with zero attached hydrogens (tertiary/aromatic N) is 2. The summed E-state index contributed by atoms with van der Waals surface area (Å²) >= 11 is 0. The molecule has 0 radical (unpaired) electrons. The van der Waals surface area contributed by atoms with Gasteiger partial charge >= 0.3 is 5.97 Å². The molecule has 1 aromatic carbocycles. The van der Waals surface area contributed by atoms with Crippen LogP contribution in [0.4, 0.5) is 5.69 Å².